The number of amides is 2. The second kappa shape index (κ2) is 5.08. The van der Waals surface area contributed by atoms with Crippen molar-refractivity contribution in [3.63, 3.8) is 0 Å². The summed E-state index contributed by atoms with van der Waals surface area (Å²) in [5.74, 6) is -0.472. The van der Waals surface area contributed by atoms with E-state index in [1.807, 2.05) is 18.2 Å². The van der Waals surface area contributed by atoms with Crippen LogP contribution in [-0.2, 0) is 16.0 Å². The maximum absolute atomic E-state index is 11.4. The molecule has 0 aromatic heterocycles. The molecule has 1 atom stereocenters. The fourth-order valence-corrected chi connectivity index (χ4v) is 2.01. The van der Waals surface area contributed by atoms with Gasteiger partial charge in [0.05, 0.1) is 13.2 Å². The highest BCUT2D eigenvalue weighted by Gasteiger charge is 2.27. The molecule has 1 aliphatic rings. The SMILES string of the molecule is CCc1ccc(OC)c(C2CNC(=O)C(=O)N2)c1. The van der Waals surface area contributed by atoms with E-state index in [1.165, 1.54) is 0 Å². The average molecular weight is 248 g/mol. The summed E-state index contributed by atoms with van der Waals surface area (Å²) in [5, 5.41) is 5.24. The quantitative estimate of drug-likeness (QED) is 0.767. The second-order valence-electron chi connectivity index (χ2n) is 4.17. The third kappa shape index (κ3) is 2.30. The minimum absolute atomic E-state index is 0.239. The number of carbonyl (C=O) groups is 2. The zero-order chi connectivity index (χ0) is 13.1. The maximum atomic E-state index is 11.4. The zero-order valence-electron chi connectivity index (χ0n) is 10.4. The van der Waals surface area contributed by atoms with E-state index in [9.17, 15) is 9.59 Å². The molecular formula is C13H16N2O3. The van der Waals surface area contributed by atoms with Gasteiger partial charge in [-0.15, -0.1) is 0 Å². The van der Waals surface area contributed by atoms with Crippen LogP contribution in [-0.4, -0.2) is 25.5 Å². The van der Waals surface area contributed by atoms with Crippen LogP contribution in [0.3, 0.4) is 0 Å². The Morgan fingerprint density at radius 2 is 2.11 bits per heavy atom. The smallest absolute Gasteiger partial charge is 0.309 e. The average Bonchev–Trinajstić information content (AvgIpc) is 2.41. The van der Waals surface area contributed by atoms with Gasteiger partial charge in [0.25, 0.3) is 0 Å². The molecule has 0 radical (unpaired) electrons. The summed E-state index contributed by atoms with van der Waals surface area (Å²) in [5.41, 5.74) is 2.06. The molecule has 0 saturated carbocycles. The van der Waals surface area contributed by atoms with Gasteiger partial charge in [-0.2, -0.15) is 0 Å². The highest BCUT2D eigenvalue weighted by Crippen LogP contribution is 2.27. The Kier molecular flexibility index (Phi) is 3.50. The molecule has 2 amide bonds. The molecule has 5 nitrogen and oxygen atoms in total. The molecule has 1 fully saturated rings. The van der Waals surface area contributed by atoms with Crippen LogP contribution < -0.4 is 15.4 Å². The summed E-state index contributed by atoms with van der Waals surface area (Å²) in [6.45, 7) is 2.45. The zero-order valence-corrected chi connectivity index (χ0v) is 10.4. The van der Waals surface area contributed by atoms with E-state index in [2.05, 4.69) is 17.6 Å². The number of piperazine rings is 1. The van der Waals surface area contributed by atoms with E-state index in [1.54, 1.807) is 7.11 Å². The van der Waals surface area contributed by atoms with Crippen molar-refractivity contribution in [2.45, 2.75) is 19.4 Å². The third-order valence-electron chi connectivity index (χ3n) is 3.06. The molecule has 1 aromatic carbocycles. The number of nitrogens with one attached hydrogen (secondary N) is 2. The molecule has 0 bridgehead atoms. The van der Waals surface area contributed by atoms with Crippen LogP contribution in [0, 0.1) is 0 Å². The molecule has 1 unspecified atom stereocenters. The van der Waals surface area contributed by atoms with E-state index in [0.29, 0.717) is 12.3 Å². The first-order valence-electron chi connectivity index (χ1n) is 5.91. The summed E-state index contributed by atoms with van der Waals surface area (Å²) in [6, 6.07) is 5.64. The van der Waals surface area contributed by atoms with Crippen molar-refractivity contribution < 1.29 is 14.3 Å². The molecule has 1 aliphatic heterocycles. The van der Waals surface area contributed by atoms with Crippen LogP contribution in [0.5, 0.6) is 5.75 Å². The Balaban J connectivity index is 2.31. The molecule has 1 heterocycles. The first kappa shape index (κ1) is 12.4. The fraction of sp³-hybridized carbons (Fsp3) is 0.385. The van der Waals surface area contributed by atoms with Crippen molar-refractivity contribution in [2.75, 3.05) is 13.7 Å². The van der Waals surface area contributed by atoms with Crippen molar-refractivity contribution in [3.8, 4) is 5.75 Å². The molecular weight excluding hydrogens is 232 g/mol. The number of hydrogen-bond acceptors (Lipinski definition) is 3. The van der Waals surface area contributed by atoms with E-state index in [0.717, 1.165) is 17.5 Å². The van der Waals surface area contributed by atoms with E-state index >= 15 is 0 Å². The van der Waals surface area contributed by atoms with Gasteiger partial charge < -0.3 is 15.4 Å². The topological polar surface area (TPSA) is 67.4 Å². The molecule has 2 rings (SSSR count). The Labute approximate surface area is 106 Å². The molecule has 5 heteroatoms. The van der Waals surface area contributed by atoms with E-state index in [-0.39, 0.29) is 6.04 Å². The standard InChI is InChI=1S/C13H16N2O3/c1-3-8-4-5-11(18-2)9(6-8)10-7-14-12(16)13(17)15-10/h4-6,10H,3,7H2,1-2H3,(H,14,16)(H,15,17). The lowest BCUT2D eigenvalue weighted by molar-refractivity contribution is -0.141. The van der Waals surface area contributed by atoms with Crippen molar-refractivity contribution >= 4 is 11.8 Å². The molecule has 1 aromatic rings. The van der Waals surface area contributed by atoms with Crippen LogP contribution >= 0.6 is 0 Å². The largest absolute Gasteiger partial charge is 0.496 e. The lowest BCUT2D eigenvalue weighted by Crippen LogP contribution is -2.51. The van der Waals surface area contributed by atoms with Crippen LogP contribution in [0.4, 0.5) is 0 Å². The molecule has 2 N–H and O–H groups in total. The van der Waals surface area contributed by atoms with Gasteiger partial charge in [0.2, 0.25) is 0 Å². The minimum Gasteiger partial charge on any atom is -0.496 e. The molecule has 96 valence electrons. The van der Waals surface area contributed by atoms with Gasteiger partial charge in [0.1, 0.15) is 5.75 Å². The summed E-state index contributed by atoms with van der Waals surface area (Å²) in [4.78, 5) is 22.5. The van der Waals surface area contributed by atoms with Crippen LogP contribution in [0.25, 0.3) is 0 Å². The summed E-state index contributed by atoms with van der Waals surface area (Å²) in [7, 11) is 1.59. The van der Waals surface area contributed by atoms with Gasteiger partial charge in [-0.05, 0) is 24.1 Å². The summed E-state index contributed by atoms with van der Waals surface area (Å²) >= 11 is 0. The monoisotopic (exact) mass is 248 g/mol. The predicted octanol–water partition coefficient (Wildman–Crippen LogP) is 0.545. The lowest BCUT2D eigenvalue weighted by atomic mass is 10.00. The lowest BCUT2D eigenvalue weighted by Gasteiger charge is -2.25. The number of carbonyl (C=O) groups excluding carboxylic acids is 2. The van der Waals surface area contributed by atoms with Crippen LogP contribution in [0.1, 0.15) is 24.1 Å². The van der Waals surface area contributed by atoms with Crippen LogP contribution in [0.15, 0.2) is 18.2 Å². The summed E-state index contributed by atoms with van der Waals surface area (Å²) in [6.07, 6.45) is 0.907. The van der Waals surface area contributed by atoms with Crippen molar-refractivity contribution in [1.29, 1.82) is 0 Å². The van der Waals surface area contributed by atoms with Gasteiger partial charge in [-0.1, -0.05) is 13.0 Å². The number of methoxy groups -OCH3 is 1. The first-order valence-corrected chi connectivity index (χ1v) is 5.91. The Hall–Kier alpha value is -2.04. The number of aryl methyl sites for hydroxylation is 1. The highest BCUT2D eigenvalue weighted by molar-refractivity contribution is 6.35. The molecule has 1 saturated heterocycles. The van der Waals surface area contributed by atoms with Crippen LogP contribution in [0.2, 0.25) is 0 Å². The minimum atomic E-state index is -0.602. The van der Waals surface area contributed by atoms with E-state index < -0.39 is 11.8 Å². The first-order chi connectivity index (χ1) is 8.65. The molecule has 0 aliphatic carbocycles. The normalized spacial score (nSPS) is 19.1. The molecule has 0 spiro atoms. The fourth-order valence-electron chi connectivity index (χ4n) is 2.01. The highest BCUT2D eigenvalue weighted by atomic mass is 16.5. The van der Waals surface area contributed by atoms with Gasteiger partial charge in [0, 0.05) is 12.1 Å². The number of ether oxygens (including phenoxy) is 1. The predicted molar refractivity (Wildman–Crippen MR) is 66.3 cm³/mol. The Bertz CT molecular complexity index is 485. The summed E-state index contributed by atoms with van der Waals surface area (Å²) < 4.78 is 5.30. The van der Waals surface area contributed by atoms with Gasteiger partial charge in [-0.3, -0.25) is 9.59 Å². The Morgan fingerprint density at radius 1 is 1.33 bits per heavy atom. The van der Waals surface area contributed by atoms with Gasteiger partial charge >= 0.3 is 11.8 Å². The third-order valence-corrected chi connectivity index (χ3v) is 3.06. The van der Waals surface area contributed by atoms with Gasteiger partial charge in [-0.25, -0.2) is 0 Å². The van der Waals surface area contributed by atoms with Crippen molar-refractivity contribution in [3.05, 3.63) is 29.3 Å². The number of benzene rings is 1. The van der Waals surface area contributed by atoms with Gasteiger partial charge in [0.15, 0.2) is 0 Å². The van der Waals surface area contributed by atoms with Crippen molar-refractivity contribution in [1.82, 2.24) is 10.6 Å². The second-order valence-corrected chi connectivity index (χ2v) is 4.17. The molecule has 18 heavy (non-hydrogen) atoms. The van der Waals surface area contributed by atoms with E-state index in [4.69, 9.17) is 4.74 Å². The number of rotatable bonds is 3. The maximum Gasteiger partial charge on any atom is 0.309 e. The number of hydrogen-bond donors (Lipinski definition) is 2. The Morgan fingerprint density at radius 3 is 2.72 bits per heavy atom. The van der Waals surface area contributed by atoms with Crippen molar-refractivity contribution in [2.24, 2.45) is 0 Å².